The predicted molar refractivity (Wildman–Crippen MR) is 183 cm³/mol. The van der Waals surface area contributed by atoms with Crippen molar-refractivity contribution in [3.63, 3.8) is 0 Å². The molecule has 7 rings (SSSR count). The van der Waals surface area contributed by atoms with Gasteiger partial charge in [0.1, 0.15) is 17.9 Å². The summed E-state index contributed by atoms with van der Waals surface area (Å²) in [6.45, 7) is 1.25. The van der Waals surface area contributed by atoms with Gasteiger partial charge in [0.2, 0.25) is 5.91 Å². The van der Waals surface area contributed by atoms with Crippen LogP contribution in [0, 0.1) is 0 Å². The zero-order valence-electron chi connectivity index (χ0n) is 26.8. The van der Waals surface area contributed by atoms with Crippen LogP contribution < -0.4 is 15.4 Å². The second-order valence-electron chi connectivity index (χ2n) is 13.0. The zero-order valence-corrected chi connectivity index (χ0v) is 26.8. The highest BCUT2D eigenvalue weighted by atomic mass is 16.5. The second kappa shape index (κ2) is 13.1. The monoisotopic (exact) mass is 631 g/mol. The molecule has 2 N–H and O–H groups in total. The number of hydrogen-bond acceptors (Lipinski definition) is 5. The zero-order chi connectivity index (χ0) is 32.4. The Morgan fingerprint density at radius 2 is 1.70 bits per heavy atom. The maximum atomic E-state index is 14.0. The topological polar surface area (TPSA) is 98.7 Å². The van der Waals surface area contributed by atoms with Crippen molar-refractivity contribution >= 4 is 40.4 Å². The molecule has 1 aliphatic heterocycles. The fraction of sp³-hybridized carbons (Fsp3) is 0.359. The van der Waals surface area contributed by atoms with Crippen LogP contribution in [0.3, 0.4) is 0 Å². The van der Waals surface area contributed by atoms with Crippen molar-refractivity contribution in [2.24, 2.45) is 0 Å². The number of methoxy groups -OCH3 is 1. The number of fused-ring (bicyclic) bond motifs is 5. The molecule has 8 nitrogen and oxygen atoms in total. The summed E-state index contributed by atoms with van der Waals surface area (Å²) >= 11 is 0. The number of carbonyl (C=O) groups excluding carboxylic acids is 3. The number of ether oxygens (including phenoxy) is 2. The summed E-state index contributed by atoms with van der Waals surface area (Å²) < 4.78 is 13.2. The number of nitrogens with one attached hydrogen (secondary N) is 2. The molecule has 242 valence electrons. The van der Waals surface area contributed by atoms with E-state index in [4.69, 9.17) is 4.74 Å². The summed E-state index contributed by atoms with van der Waals surface area (Å²) in [5.74, 6) is 0.485. The average Bonchev–Trinajstić information content (AvgIpc) is 3.66. The van der Waals surface area contributed by atoms with Crippen LogP contribution in [-0.2, 0) is 20.9 Å². The Morgan fingerprint density at radius 1 is 0.936 bits per heavy atom. The van der Waals surface area contributed by atoms with Gasteiger partial charge in [0.05, 0.1) is 19.3 Å². The van der Waals surface area contributed by atoms with Crippen molar-refractivity contribution in [1.29, 1.82) is 0 Å². The molecule has 2 saturated carbocycles. The first-order chi connectivity index (χ1) is 23.0. The Labute approximate surface area is 275 Å². The lowest BCUT2D eigenvalue weighted by Gasteiger charge is -2.29. The number of esters is 1. The number of carbonyl (C=O) groups is 3. The molecule has 1 aromatic heterocycles. The molecule has 0 unspecified atom stereocenters. The Morgan fingerprint density at radius 3 is 2.47 bits per heavy atom. The minimum Gasteiger partial charge on any atom is -0.491 e. The highest BCUT2D eigenvalue weighted by Gasteiger charge is 2.43. The highest BCUT2D eigenvalue weighted by Crippen LogP contribution is 2.47. The smallest absolute Gasteiger partial charge is 0.330 e. The molecule has 0 saturated heterocycles. The molecule has 2 fully saturated rings. The Hall–Kier alpha value is -4.85. The third-order valence-electron chi connectivity index (χ3n) is 10.1. The lowest BCUT2D eigenvalue weighted by atomic mass is 9.81. The molecule has 47 heavy (non-hydrogen) atoms. The van der Waals surface area contributed by atoms with Crippen molar-refractivity contribution in [2.45, 2.75) is 75.8 Å². The molecule has 3 aliphatic rings. The van der Waals surface area contributed by atoms with Gasteiger partial charge in [-0.15, -0.1) is 0 Å². The SMILES string of the molecule is COC(=O)C=Cc1ccc(NC(=O)C2(NC(=O)c3ccc4c(C5CCCCC5)c5n(c4c3)CCOc3ccccc3-5)CCCC2)cc1. The van der Waals surface area contributed by atoms with E-state index in [0.717, 1.165) is 35.2 Å². The highest BCUT2D eigenvalue weighted by molar-refractivity contribution is 6.06. The number of para-hydroxylation sites is 1. The maximum Gasteiger partial charge on any atom is 0.330 e. The van der Waals surface area contributed by atoms with E-state index in [1.165, 1.54) is 61.9 Å². The van der Waals surface area contributed by atoms with Gasteiger partial charge in [-0.25, -0.2) is 4.79 Å². The van der Waals surface area contributed by atoms with Crippen molar-refractivity contribution in [3.8, 4) is 17.0 Å². The third kappa shape index (κ3) is 6.04. The van der Waals surface area contributed by atoms with Crippen LogP contribution in [0.5, 0.6) is 5.75 Å². The van der Waals surface area contributed by atoms with E-state index in [0.29, 0.717) is 43.2 Å². The van der Waals surface area contributed by atoms with Crippen molar-refractivity contribution in [1.82, 2.24) is 9.88 Å². The molecule has 0 spiro atoms. The standard InChI is InChI=1S/C39H41N3O5/c1-46-34(43)20-15-26-13-17-29(18-14-26)40-38(45)39(21-7-8-22-39)41-37(44)28-16-19-30-32(25-28)42-23-24-47-33-12-6-5-11-31(33)36(42)35(30)27-9-3-2-4-10-27/h5-6,11-20,25,27H,2-4,7-10,21-24H2,1H3,(H,40,45)(H,41,44). The van der Waals surface area contributed by atoms with E-state index < -0.39 is 11.5 Å². The number of hydrogen-bond donors (Lipinski definition) is 2. The van der Waals surface area contributed by atoms with Gasteiger partial charge in [0.15, 0.2) is 0 Å². The van der Waals surface area contributed by atoms with Crippen LogP contribution in [-0.4, -0.2) is 41.6 Å². The van der Waals surface area contributed by atoms with Crippen LogP contribution in [0.1, 0.15) is 85.2 Å². The average molecular weight is 632 g/mol. The van der Waals surface area contributed by atoms with E-state index in [1.807, 2.05) is 30.3 Å². The van der Waals surface area contributed by atoms with Crippen LogP contribution in [0.2, 0.25) is 0 Å². The summed E-state index contributed by atoms with van der Waals surface area (Å²) in [6.07, 6.45) is 12.0. The number of amides is 2. The number of nitrogens with zero attached hydrogens (tertiary/aromatic N) is 1. The molecule has 0 bridgehead atoms. The Balaban J connectivity index is 1.18. The molecule has 2 heterocycles. The number of aromatic nitrogens is 1. The van der Waals surface area contributed by atoms with Crippen LogP contribution in [0.4, 0.5) is 5.69 Å². The van der Waals surface area contributed by atoms with Crippen LogP contribution >= 0.6 is 0 Å². The summed E-state index contributed by atoms with van der Waals surface area (Å²) in [5, 5.41) is 7.41. The summed E-state index contributed by atoms with van der Waals surface area (Å²) in [7, 11) is 1.33. The summed E-state index contributed by atoms with van der Waals surface area (Å²) in [4.78, 5) is 39.2. The van der Waals surface area contributed by atoms with Gasteiger partial charge in [-0.2, -0.15) is 0 Å². The molecule has 2 amide bonds. The fourth-order valence-electron chi connectivity index (χ4n) is 7.72. The van der Waals surface area contributed by atoms with Gasteiger partial charge in [0, 0.05) is 33.8 Å². The van der Waals surface area contributed by atoms with E-state index >= 15 is 0 Å². The van der Waals surface area contributed by atoms with E-state index in [2.05, 4.69) is 44.2 Å². The van der Waals surface area contributed by atoms with Gasteiger partial charge in [0.25, 0.3) is 5.91 Å². The van der Waals surface area contributed by atoms with Crippen molar-refractivity contribution in [2.75, 3.05) is 19.0 Å². The second-order valence-corrected chi connectivity index (χ2v) is 13.0. The summed E-state index contributed by atoms with van der Waals surface area (Å²) in [5.41, 5.74) is 5.73. The first-order valence-electron chi connectivity index (χ1n) is 16.8. The fourth-order valence-corrected chi connectivity index (χ4v) is 7.72. The lowest BCUT2D eigenvalue weighted by molar-refractivity contribution is -0.134. The molecule has 2 aliphatic carbocycles. The lowest BCUT2D eigenvalue weighted by Crippen LogP contribution is -2.55. The quantitative estimate of drug-likeness (QED) is 0.162. The molecular formula is C39H41N3O5. The molecule has 0 radical (unpaired) electrons. The molecular weight excluding hydrogens is 590 g/mol. The number of rotatable bonds is 7. The minimum atomic E-state index is -0.994. The van der Waals surface area contributed by atoms with Gasteiger partial charge >= 0.3 is 5.97 Å². The predicted octanol–water partition coefficient (Wildman–Crippen LogP) is 7.62. The van der Waals surface area contributed by atoms with E-state index in [-0.39, 0.29) is 11.8 Å². The summed E-state index contributed by atoms with van der Waals surface area (Å²) in [6, 6.07) is 21.6. The maximum absolute atomic E-state index is 14.0. The third-order valence-corrected chi connectivity index (χ3v) is 10.1. The first kappa shape index (κ1) is 30.8. The Kier molecular flexibility index (Phi) is 8.58. The molecule has 0 atom stereocenters. The van der Waals surface area contributed by atoms with E-state index in [9.17, 15) is 14.4 Å². The van der Waals surface area contributed by atoms with Gasteiger partial charge in [-0.05, 0) is 85.2 Å². The number of anilines is 1. The normalized spacial score (nSPS) is 17.4. The largest absolute Gasteiger partial charge is 0.491 e. The van der Waals surface area contributed by atoms with Crippen LogP contribution in [0.25, 0.3) is 28.2 Å². The van der Waals surface area contributed by atoms with Gasteiger partial charge < -0.3 is 24.7 Å². The molecule has 3 aromatic carbocycles. The van der Waals surface area contributed by atoms with Crippen molar-refractivity contribution < 1.29 is 23.9 Å². The van der Waals surface area contributed by atoms with Gasteiger partial charge in [-0.3, -0.25) is 9.59 Å². The Bertz CT molecular complexity index is 1840. The first-order valence-corrected chi connectivity index (χ1v) is 16.8. The number of benzene rings is 3. The van der Waals surface area contributed by atoms with E-state index in [1.54, 1.807) is 18.2 Å². The van der Waals surface area contributed by atoms with Crippen LogP contribution in [0.15, 0.2) is 72.8 Å². The van der Waals surface area contributed by atoms with Crippen molar-refractivity contribution in [3.05, 3.63) is 89.5 Å². The minimum absolute atomic E-state index is 0.216. The molecule has 4 aromatic rings. The van der Waals surface area contributed by atoms with Gasteiger partial charge in [-0.1, -0.05) is 62.4 Å². The molecule has 8 heteroatoms.